The molecule has 1 saturated heterocycles. The normalized spacial score (nSPS) is 15.8. The van der Waals surface area contributed by atoms with Gasteiger partial charge in [-0.2, -0.15) is 0 Å². The van der Waals surface area contributed by atoms with E-state index < -0.39 is 12.0 Å². The van der Waals surface area contributed by atoms with E-state index in [0.717, 1.165) is 32.8 Å². The quantitative estimate of drug-likeness (QED) is 0.562. The number of morpholine rings is 1. The molecule has 0 aliphatic carbocycles. The summed E-state index contributed by atoms with van der Waals surface area (Å²) in [5.41, 5.74) is 6.54. The standard InChI is InChI=1S/C14H19Cl2N3O3.2ClH/c15-12-7-10(8-13(16)18-12)9-22-14(20)11(17)1-2-19-3-5-21-6-4-19;;/h7-8,11H,1-6,9,17H2;2*1H/t11-;;/m0../s1. The van der Waals surface area contributed by atoms with Gasteiger partial charge in [-0.3, -0.25) is 9.69 Å². The molecule has 0 aromatic carbocycles. The molecule has 0 amide bonds. The van der Waals surface area contributed by atoms with Gasteiger partial charge in [-0.15, -0.1) is 24.8 Å². The van der Waals surface area contributed by atoms with Crippen molar-refractivity contribution in [3.63, 3.8) is 0 Å². The zero-order chi connectivity index (χ0) is 15.9. The van der Waals surface area contributed by atoms with Crippen LogP contribution >= 0.6 is 48.0 Å². The lowest BCUT2D eigenvalue weighted by Crippen LogP contribution is -2.41. The molecule has 6 nitrogen and oxygen atoms in total. The smallest absolute Gasteiger partial charge is 0.323 e. The van der Waals surface area contributed by atoms with E-state index >= 15 is 0 Å². The number of nitrogens with zero attached hydrogens (tertiary/aromatic N) is 2. The Hall–Kier alpha value is -0.340. The van der Waals surface area contributed by atoms with Gasteiger partial charge >= 0.3 is 5.97 Å². The molecule has 1 aromatic rings. The van der Waals surface area contributed by atoms with Gasteiger partial charge in [0.25, 0.3) is 0 Å². The highest BCUT2D eigenvalue weighted by atomic mass is 35.5. The lowest BCUT2D eigenvalue weighted by Gasteiger charge is -2.27. The predicted octanol–water partition coefficient (Wildman–Crippen LogP) is 2.32. The molecule has 10 heteroatoms. The first-order valence-electron chi connectivity index (χ1n) is 7.09. The van der Waals surface area contributed by atoms with Gasteiger partial charge in [0, 0.05) is 19.6 Å². The van der Waals surface area contributed by atoms with Crippen LogP contribution in [0.2, 0.25) is 10.3 Å². The van der Waals surface area contributed by atoms with Crippen molar-refractivity contribution in [2.24, 2.45) is 5.73 Å². The molecular formula is C14H21Cl4N3O3. The van der Waals surface area contributed by atoms with Crippen LogP contribution in [-0.2, 0) is 20.9 Å². The van der Waals surface area contributed by atoms with Crippen molar-refractivity contribution in [1.29, 1.82) is 0 Å². The van der Waals surface area contributed by atoms with Gasteiger partial charge in [0.15, 0.2) is 0 Å². The van der Waals surface area contributed by atoms with Crippen molar-refractivity contribution in [2.75, 3.05) is 32.8 Å². The molecule has 0 radical (unpaired) electrons. The summed E-state index contributed by atoms with van der Waals surface area (Å²) in [6, 6.07) is 2.55. The highest BCUT2D eigenvalue weighted by molar-refractivity contribution is 6.32. The van der Waals surface area contributed by atoms with Gasteiger partial charge < -0.3 is 15.2 Å². The summed E-state index contributed by atoms with van der Waals surface area (Å²) < 4.78 is 10.5. The number of carbonyl (C=O) groups is 1. The van der Waals surface area contributed by atoms with E-state index in [4.69, 9.17) is 38.4 Å². The molecule has 0 spiro atoms. The summed E-state index contributed by atoms with van der Waals surface area (Å²) in [5.74, 6) is -0.433. The summed E-state index contributed by atoms with van der Waals surface area (Å²) in [5, 5.41) is 0.519. The Morgan fingerprint density at radius 1 is 1.29 bits per heavy atom. The number of esters is 1. The molecule has 138 valence electrons. The van der Waals surface area contributed by atoms with Crippen molar-refractivity contribution < 1.29 is 14.3 Å². The predicted molar refractivity (Wildman–Crippen MR) is 98.4 cm³/mol. The lowest BCUT2D eigenvalue weighted by atomic mass is 10.2. The first-order valence-corrected chi connectivity index (χ1v) is 7.84. The second kappa shape index (κ2) is 12.1. The number of pyridine rings is 1. The van der Waals surface area contributed by atoms with E-state index in [9.17, 15) is 4.79 Å². The van der Waals surface area contributed by atoms with Crippen molar-refractivity contribution in [3.8, 4) is 0 Å². The summed E-state index contributed by atoms with van der Waals surface area (Å²) >= 11 is 11.6. The lowest BCUT2D eigenvalue weighted by molar-refractivity contribution is -0.146. The van der Waals surface area contributed by atoms with Crippen LogP contribution in [0.4, 0.5) is 0 Å². The molecule has 1 atom stereocenters. The summed E-state index contributed by atoms with van der Waals surface area (Å²) in [6.07, 6.45) is 0.552. The highest BCUT2D eigenvalue weighted by Crippen LogP contribution is 2.15. The Balaban J connectivity index is 0.00000264. The number of halogens is 4. The van der Waals surface area contributed by atoms with Crippen LogP contribution in [0.15, 0.2) is 12.1 Å². The average molecular weight is 421 g/mol. The monoisotopic (exact) mass is 419 g/mol. The third-order valence-corrected chi connectivity index (χ3v) is 3.75. The summed E-state index contributed by atoms with van der Waals surface area (Å²) in [4.78, 5) is 17.9. The van der Waals surface area contributed by atoms with Gasteiger partial charge in [-0.1, -0.05) is 23.2 Å². The SMILES string of the molecule is Cl.Cl.N[C@@H](CCN1CCOCC1)C(=O)OCc1cc(Cl)nc(Cl)c1. The van der Waals surface area contributed by atoms with Crippen molar-refractivity contribution in [1.82, 2.24) is 9.88 Å². The molecular weight excluding hydrogens is 400 g/mol. The third-order valence-electron chi connectivity index (χ3n) is 3.37. The molecule has 2 heterocycles. The van der Waals surface area contributed by atoms with Crippen LogP contribution in [0.5, 0.6) is 0 Å². The number of rotatable bonds is 6. The second-order valence-electron chi connectivity index (χ2n) is 5.08. The van der Waals surface area contributed by atoms with E-state index in [-0.39, 0.29) is 41.7 Å². The number of hydrogen-bond donors (Lipinski definition) is 1. The van der Waals surface area contributed by atoms with E-state index in [2.05, 4.69) is 9.88 Å². The molecule has 24 heavy (non-hydrogen) atoms. The molecule has 2 N–H and O–H groups in total. The third kappa shape index (κ3) is 8.16. The Bertz CT molecular complexity index is 496. The molecule has 1 aliphatic heterocycles. The van der Waals surface area contributed by atoms with Gasteiger partial charge in [-0.25, -0.2) is 4.98 Å². The van der Waals surface area contributed by atoms with Gasteiger partial charge in [-0.05, 0) is 24.1 Å². The molecule has 1 fully saturated rings. The van der Waals surface area contributed by atoms with E-state index in [1.807, 2.05) is 0 Å². The maximum atomic E-state index is 11.9. The Kier molecular flexibility index (Phi) is 11.9. The molecule has 1 aliphatic rings. The maximum Gasteiger partial charge on any atom is 0.323 e. The molecule has 0 unspecified atom stereocenters. The summed E-state index contributed by atoms with van der Waals surface area (Å²) in [6.45, 7) is 4.02. The van der Waals surface area contributed by atoms with Crippen molar-refractivity contribution in [3.05, 3.63) is 28.0 Å². The fraction of sp³-hybridized carbons (Fsp3) is 0.571. The number of carbonyl (C=O) groups excluding carboxylic acids is 1. The Morgan fingerprint density at radius 3 is 2.46 bits per heavy atom. The molecule has 0 saturated carbocycles. The van der Waals surface area contributed by atoms with E-state index in [0.29, 0.717) is 12.0 Å². The van der Waals surface area contributed by atoms with Crippen molar-refractivity contribution >= 4 is 54.0 Å². The first-order chi connectivity index (χ1) is 10.5. The Labute approximate surface area is 163 Å². The van der Waals surface area contributed by atoms with Crippen LogP contribution in [0, 0.1) is 0 Å². The molecule has 2 rings (SSSR count). The van der Waals surface area contributed by atoms with E-state index in [1.165, 1.54) is 0 Å². The first kappa shape index (κ1) is 23.7. The molecule has 1 aromatic heterocycles. The highest BCUT2D eigenvalue weighted by Gasteiger charge is 2.18. The topological polar surface area (TPSA) is 77.7 Å². The Morgan fingerprint density at radius 2 is 1.88 bits per heavy atom. The van der Waals surface area contributed by atoms with E-state index in [1.54, 1.807) is 12.1 Å². The van der Waals surface area contributed by atoms with Crippen LogP contribution < -0.4 is 5.73 Å². The minimum atomic E-state index is -0.643. The number of aromatic nitrogens is 1. The molecule has 0 bridgehead atoms. The minimum Gasteiger partial charge on any atom is -0.460 e. The zero-order valence-electron chi connectivity index (χ0n) is 13.0. The van der Waals surface area contributed by atoms with Crippen LogP contribution in [0.25, 0.3) is 0 Å². The minimum absolute atomic E-state index is 0. The fourth-order valence-corrected chi connectivity index (χ4v) is 2.63. The van der Waals surface area contributed by atoms with Crippen LogP contribution in [0.1, 0.15) is 12.0 Å². The van der Waals surface area contributed by atoms with Gasteiger partial charge in [0.05, 0.1) is 13.2 Å². The van der Waals surface area contributed by atoms with Crippen LogP contribution in [-0.4, -0.2) is 54.7 Å². The largest absolute Gasteiger partial charge is 0.460 e. The van der Waals surface area contributed by atoms with Gasteiger partial charge in [0.2, 0.25) is 0 Å². The zero-order valence-corrected chi connectivity index (χ0v) is 16.1. The fourth-order valence-electron chi connectivity index (χ4n) is 2.12. The second-order valence-corrected chi connectivity index (χ2v) is 5.85. The van der Waals surface area contributed by atoms with Crippen molar-refractivity contribution in [2.45, 2.75) is 19.1 Å². The number of hydrogen-bond acceptors (Lipinski definition) is 6. The van der Waals surface area contributed by atoms with Gasteiger partial charge in [0.1, 0.15) is 23.0 Å². The van der Waals surface area contributed by atoms with Crippen LogP contribution in [0.3, 0.4) is 0 Å². The maximum absolute atomic E-state index is 11.9. The number of nitrogens with two attached hydrogens (primary N) is 1. The number of ether oxygens (including phenoxy) is 2. The average Bonchev–Trinajstić information content (AvgIpc) is 2.50. The summed E-state index contributed by atoms with van der Waals surface area (Å²) in [7, 11) is 0.